The molecular formula is C25H31ClN4O4S. The Morgan fingerprint density at radius 2 is 1.74 bits per heavy atom. The van der Waals surface area contributed by atoms with Crippen molar-refractivity contribution in [2.75, 3.05) is 44.3 Å². The predicted molar refractivity (Wildman–Crippen MR) is 135 cm³/mol. The van der Waals surface area contributed by atoms with Crippen LogP contribution in [0.25, 0.3) is 0 Å². The number of nitrogens with zero attached hydrogens (tertiary/aromatic N) is 4. The summed E-state index contributed by atoms with van der Waals surface area (Å²) in [5.74, 6) is 1.14. The van der Waals surface area contributed by atoms with Gasteiger partial charge in [0, 0.05) is 56.4 Å². The molecular weight excluding hydrogens is 488 g/mol. The molecule has 4 heterocycles. The molecule has 2 unspecified atom stereocenters. The van der Waals surface area contributed by atoms with E-state index in [2.05, 4.69) is 9.88 Å². The standard InChI is InChI=1S/C25H31ClN4O4S/c1-17-14-30(15-18(2)34-17)23(31)20-5-3-19(4-6-20)16-35-24-27-21(26)13-22(28-24)29-9-7-25(8-10-29)32-11-12-33-25/h3-6,13,17-18H,7-12,14-16H2,1-2H3. The number of piperidine rings is 1. The highest BCUT2D eigenvalue weighted by Crippen LogP contribution is 2.34. The van der Waals surface area contributed by atoms with E-state index >= 15 is 0 Å². The first kappa shape index (κ1) is 24.8. The number of carbonyl (C=O) groups is 1. The fourth-order valence-corrected chi connectivity index (χ4v) is 5.93. The fraction of sp³-hybridized carbons (Fsp3) is 0.560. The number of carbonyl (C=O) groups excluding carboxylic acids is 1. The molecule has 3 aliphatic heterocycles. The average molecular weight is 519 g/mol. The number of ether oxygens (including phenoxy) is 3. The quantitative estimate of drug-likeness (QED) is 0.334. The number of hydrogen-bond acceptors (Lipinski definition) is 8. The maximum atomic E-state index is 12.9. The van der Waals surface area contributed by atoms with Gasteiger partial charge in [-0.15, -0.1) is 0 Å². The van der Waals surface area contributed by atoms with Gasteiger partial charge in [-0.1, -0.05) is 35.5 Å². The fourth-order valence-electron chi connectivity index (χ4n) is 4.89. The molecule has 1 amide bonds. The van der Waals surface area contributed by atoms with Crippen molar-refractivity contribution in [3.8, 4) is 0 Å². The van der Waals surface area contributed by atoms with Crippen molar-refractivity contribution in [2.45, 2.75) is 55.6 Å². The first-order valence-electron chi connectivity index (χ1n) is 12.1. The van der Waals surface area contributed by atoms with E-state index in [1.165, 1.54) is 11.8 Å². The number of aromatic nitrogens is 2. The van der Waals surface area contributed by atoms with Crippen molar-refractivity contribution in [1.82, 2.24) is 14.9 Å². The number of hydrogen-bond donors (Lipinski definition) is 0. The lowest BCUT2D eigenvalue weighted by molar-refractivity contribution is -0.169. The van der Waals surface area contributed by atoms with Crippen LogP contribution in [0.1, 0.15) is 42.6 Å². The lowest BCUT2D eigenvalue weighted by Crippen LogP contribution is -2.48. The Labute approximate surface area is 215 Å². The second-order valence-electron chi connectivity index (χ2n) is 9.38. The van der Waals surface area contributed by atoms with E-state index in [1.807, 2.05) is 49.1 Å². The number of morpholine rings is 1. The van der Waals surface area contributed by atoms with E-state index in [0.717, 1.165) is 37.3 Å². The summed E-state index contributed by atoms with van der Waals surface area (Å²) >= 11 is 7.86. The Hall–Kier alpha value is -1.91. The third-order valence-corrected chi connectivity index (χ3v) is 7.71. The van der Waals surface area contributed by atoms with E-state index in [-0.39, 0.29) is 18.1 Å². The minimum Gasteiger partial charge on any atom is -0.372 e. The molecule has 0 radical (unpaired) electrons. The topological polar surface area (TPSA) is 77.0 Å². The van der Waals surface area contributed by atoms with Crippen LogP contribution in [0.5, 0.6) is 0 Å². The Balaban J connectivity index is 1.18. The molecule has 5 rings (SSSR count). The predicted octanol–water partition coefficient (Wildman–Crippen LogP) is 4.02. The van der Waals surface area contributed by atoms with Crippen molar-refractivity contribution in [1.29, 1.82) is 0 Å². The first-order chi connectivity index (χ1) is 16.9. The van der Waals surface area contributed by atoms with E-state index in [1.54, 1.807) is 0 Å². The normalized spacial score (nSPS) is 24.2. The molecule has 1 aromatic heterocycles. The molecule has 3 aliphatic rings. The summed E-state index contributed by atoms with van der Waals surface area (Å²) in [5, 5.41) is 1.07. The smallest absolute Gasteiger partial charge is 0.254 e. The van der Waals surface area contributed by atoms with Crippen LogP contribution in [-0.4, -0.2) is 78.2 Å². The van der Waals surface area contributed by atoms with Gasteiger partial charge in [0.15, 0.2) is 10.9 Å². The van der Waals surface area contributed by atoms with E-state index in [4.69, 9.17) is 30.8 Å². The number of halogens is 1. The highest BCUT2D eigenvalue weighted by molar-refractivity contribution is 7.98. The van der Waals surface area contributed by atoms with Crippen LogP contribution < -0.4 is 4.90 Å². The monoisotopic (exact) mass is 518 g/mol. The van der Waals surface area contributed by atoms with Gasteiger partial charge in [-0.05, 0) is 31.5 Å². The van der Waals surface area contributed by atoms with Gasteiger partial charge in [0.1, 0.15) is 11.0 Å². The lowest BCUT2D eigenvalue weighted by Gasteiger charge is -2.38. The van der Waals surface area contributed by atoms with Gasteiger partial charge in [-0.25, -0.2) is 9.97 Å². The van der Waals surface area contributed by atoms with Crippen LogP contribution in [-0.2, 0) is 20.0 Å². The second-order valence-corrected chi connectivity index (χ2v) is 10.7. The number of thioether (sulfide) groups is 1. The number of amides is 1. The molecule has 0 aliphatic carbocycles. The Morgan fingerprint density at radius 3 is 2.40 bits per heavy atom. The second kappa shape index (κ2) is 10.6. The Kier molecular flexibility index (Phi) is 7.50. The van der Waals surface area contributed by atoms with E-state index in [0.29, 0.717) is 47.9 Å². The van der Waals surface area contributed by atoms with Crippen molar-refractivity contribution >= 4 is 35.1 Å². The third kappa shape index (κ3) is 5.91. The minimum absolute atomic E-state index is 0.0470. The average Bonchev–Trinajstić information content (AvgIpc) is 3.30. The maximum absolute atomic E-state index is 12.9. The summed E-state index contributed by atoms with van der Waals surface area (Å²) in [6.07, 6.45) is 1.72. The Morgan fingerprint density at radius 1 is 1.09 bits per heavy atom. The van der Waals surface area contributed by atoms with Crippen molar-refractivity contribution < 1.29 is 19.0 Å². The first-order valence-corrected chi connectivity index (χ1v) is 13.5. The largest absolute Gasteiger partial charge is 0.372 e. The van der Waals surface area contributed by atoms with Gasteiger partial charge in [0.25, 0.3) is 5.91 Å². The summed E-state index contributed by atoms with van der Waals surface area (Å²) in [6.45, 7) is 8.17. The molecule has 10 heteroatoms. The zero-order valence-corrected chi connectivity index (χ0v) is 21.7. The van der Waals surface area contributed by atoms with Crippen molar-refractivity contribution in [2.24, 2.45) is 0 Å². The van der Waals surface area contributed by atoms with Gasteiger partial charge in [0.2, 0.25) is 0 Å². The number of rotatable bonds is 5. The van der Waals surface area contributed by atoms with Gasteiger partial charge < -0.3 is 24.0 Å². The molecule has 2 atom stereocenters. The third-order valence-electron chi connectivity index (χ3n) is 6.60. The molecule has 0 saturated carbocycles. The molecule has 1 aromatic carbocycles. The summed E-state index contributed by atoms with van der Waals surface area (Å²) in [6, 6.07) is 9.58. The van der Waals surface area contributed by atoms with E-state index < -0.39 is 5.79 Å². The van der Waals surface area contributed by atoms with Crippen LogP contribution in [0.4, 0.5) is 5.82 Å². The van der Waals surface area contributed by atoms with Crippen LogP contribution in [0.2, 0.25) is 5.15 Å². The van der Waals surface area contributed by atoms with Gasteiger partial charge >= 0.3 is 0 Å². The lowest BCUT2D eigenvalue weighted by atomic mass is 10.0. The van der Waals surface area contributed by atoms with Crippen LogP contribution in [0.3, 0.4) is 0 Å². The summed E-state index contributed by atoms with van der Waals surface area (Å²) < 4.78 is 17.4. The summed E-state index contributed by atoms with van der Waals surface area (Å²) in [5.41, 5.74) is 1.79. The molecule has 8 nitrogen and oxygen atoms in total. The molecule has 188 valence electrons. The zero-order chi connectivity index (χ0) is 24.4. The highest BCUT2D eigenvalue weighted by Gasteiger charge is 2.40. The molecule has 3 fully saturated rings. The minimum atomic E-state index is -0.420. The van der Waals surface area contributed by atoms with Gasteiger partial charge in [0.05, 0.1) is 25.4 Å². The van der Waals surface area contributed by atoms with Crippen molar-refractivity contribution in [3.63, 3.8) is 0 Å². The van der Waals surface area contributed by atoms with Crippen LogP contribution in [0.15, 0.2) is 35.5 Å². The zero-order valence-electron chi connectivity index (χ0n) is 20.1. The Bertz CT molecular complexity index is 1030. The molecule has 2 aromatic rings. The van der Waals surface area contributed by atoms with Crippen LogP contribution >= 0.6 is 23.4 Å². The maximum Gasteiger partial charge on any atom is 0.254 e. The van der Waals surface area contributed by atoms with E-state index in [9.17, 15) is 4.79 Å². The molecule has 0 N–H and O–H groups in total. The molecule has 0 bridgehead atoms. The molecule has 35 heavy (non-hydrogen) atoms. The van der Waals surface area contributed by atoms with Gasteiger partial charge in [-0.3, -0.25) is 4.79 Å². The highest BCUT2D eigenvalue weighted by atomic mass is 35.5. The van der Waals surface area contributed by atoms with Gasteiger partial charge in [-0.2, -0.15) is 0 Å². The molecule has 3 saturated heterocycles. The summed E-state index contributed by atoms with van der Waals surface area (Å²) in [7, 11) is 0. The van der Waals surface area contributed by atoms with Crippen LogP contribution in [0, 0.1) is 0 Å². The molecule has 1 spiro atoms. The summed E-state index contributed by atoms with van der Waals surface area (Å²) in [4.78, 5) is 26.1. The SMILES string of the molecule is CC1CN(C(=O)c2ccc(CSc3nc(Cl)cc(N4CCC5(CC4)OCCO5)n3)cc2)CC(C)O1. The van der Waals surface area contributed by atoms with Crippen molar-refractivity contribution in [3.05, 3.63) is 46.6 Å². The number of anilines is 1. The number of benzene rings is 1.